The average molecular weight is 244 g/mol. The Labute approximate surface area is 103 Å². The van der Waals surface area contributed by atoms with Crippen molar-refractivity contribution in [2.24, 2.45) is 0 Å². The molecule has 0 aliphatic carbocycles. The molecule has 0 aliphatic rings. The van der Waals surface area contributed by atoms with E-state index in [9.17, 15) is 9.59 Å². The van der Waals surface area contributed by atoms with Gasteiger partial charge in [-0.3, -0.25) is 4.79 Å². The predicted molar refractivity (Wildman–Crippen MR) is 67.5 cm³/mol. The molecule has 0 radical (unpaired) electrons. The molecule has 2 aromatic rings. The molecule has 1 aromatic heterocycles. The number of benzene rings is 1. The summed E-state index contributed by atoms with van der Waals surface area (Å²) >= 11 is 0. The number of aromatic nitrogens is 1. The third-order valence-electron chi connectivity index (χ3n) is 2.54. The standard InChI is InChI=1S/C13H12N2O3/c1-18-13(17)12(15-8-16)6-9-7-14-11-5-3-2-4-10(9)11/h2-8,14H,1H3,(H,15,16). The second-order valence-corrected chi connectivity index (χ2v) is 3.60. The fourth-order valence-electron chi connectivity index (χ4n) is 1.70. The maximum absolute atomic E-state index is 11.4. The topological polar surface area (TPSA) is 71.2 Å². The number of para-hydroxylation sites is 1. The van der Waals surface area contributed by atoms with E-state index in [4.69, 9.17) is 0 Å². The molecule has 5 heteroatoms. The molecule has 0 bridgehead atoms. The number of carbonyl (C=O) groups excluding carboxylic acids is 2. The van der Waals surface area contributed by atoms with Crippen LogP contribution in [0.1, 0.15) is 5.56 Å². The molecule has 0 saturated heterocycles. The molecule has 0 spiro atoms. The van der Waals surface area contributed by atoms with E-state index >= 15 is 0 Å². The van der Waals surface area contributed by atoms with Gasteiger partial charge in [-0.2, -0.15) is 0 Å². The quantitative estimate of drug-likeness (QED) is 0.485. The van der Waals surface area contributed by atoms with Gasteiger partial charge in [0.05, 0.1) is 7.11 Å². The lowest BCUT2D eigenvalue weighted by atomic mass is 10.1. The highest BCUT2D eigenvalue weighted by Gasteiger charge is 2.10. The molecule has 2 rings (SSSR count). The van der Waals surface area contributed by atoms with Crippen molar-refractivity contribution < 1.29 is 14.3 Å². The van der Waals surface area contributed by atoms with E-state index in [0.29, 0.717) is 6.41 Å². The molecule has 0 fully saturated rings. The number of carbonyl (C=O) groups is 2. The Morgan fingerprint density at radius 3 is 2.89 bits per heavy atom. The molecule has 1 aromatic carbocycles. The lowest BCUT2D eigenvalue weighted by Crippen LogP contribution is -2.19. The van der Waals surface area contributed by atoms with Crippen LogP contribution < -0.4 is 5.32 Å². The Hall–Kier alpha value is -2.56. The van der Waals surface area contributed by atoms with Crippen molar-refractivity contribution in [2.45, 2.75) is 0 Å². The molecule has 0 aliphatic heterocycles. The van der Waals surface area contributed by atoms with Crippen LogP contribution in [0.2, 0.25) is 0 Å². The van der Waals surface area contributed by atoms with E-state index in [1.807, 2.05) is 24.3 Å². The number of fused-ring (bicyclic) bond motifs is 1. The van der Waals surface area contributed by atoms with Crippen molar-refractivity contribution in [3.63, 3.8) is 0 Å². The third kappa shape index (κ3) is 2.24. The molecule has 1 heterocycles. The number of aromatic amines is 1. The summed E-state index contributed by atoms with van der Waals surface area (Å²) in [7, 11) is 1.26. The van der Waals surface area contributed by atoms with Crippen LogP contribution in [0.5, 0.6) is 0 Å². The van der Waals surface area contributed by atoms with Gasteiger partial charge in [-0.05, 0) is 12.1 Å². The number of nitrogens with one attached hydrogen (secondary N) is 2. The monoisotopic (exact) mass is 244 g/mol. The highest BCUT2D eigenvalue weighted by Crippen LogP contribution is 2.19. The SMILES string of the molecule is COC(=O)C(=Cc1c[nH]c2ccccc12)NC=O. The van der Waals surface area contributed by atoms with Gasteiger partial charge in [-0.15, -0.1) is 0 Å². The maximum atomic E-state index is 11.4. The second-order valence-electron chi connectivity index (χ2n) is 3.60. The van der Waals surface area contributed by atoms with E-state index < -0.39 is 5.97 Å². The van der Waals surface area contributed by atoms with Gasteiger partial charge in [0.25, 0.3) is 0 Å². The highest BCUT2D eigenvalue weighted by atomic mass is 16.5. The number of ether oxygens (including phenoxy) is 1. The van der Waals surface area contributed by atoms with E-state index in [1.54, 1.807) is 12.3 Å². The van der Waals surface area contributed by atoms with Gasteiger partial charge in [0, 0.05) is 22.7 Å². The van der Waals surface area contributed by atoms with E-state index in [-0.39, 0.29) is 5.70 Å². The number of hydrogen-bond acceptors (Lipinski definition) is 3. The van der Waals surface area contributed by atoms with Crippen LogP contribution in [-0.2, 0) is 14.3 Å². The fourth-order valence-corrected chi connectivity index (χ4v) is 1.70. The zero-order chi connectivity index (χ0) is 13.0. The van der Waals surface area contributed by atoms with Gasteiger partial charge in [0.1, 0.15) is 5.70 Å². The minimum atomic E-state index is -0.590. The molecular weight excluding hydrogens is 232 g/mol. The zero-order valence-corrected chi connectivity index (χ0v) is 9.77. The van der Waals surface area contributed by atoms with Crippen molar-refractivity contribution in [2.75, 3.05) is 7.11 Å². The van der Waals surface area contributed by atoms with E-state index in [0.717, 1.165) is 16.5 Å². The van der Waals surface area contributed by atoms with Crippen LogP contribution in [0.4, 0.5) is 0 Å². The maximum Gasteiger partial charge on any atom is 0.354 e. The Kier molecular flexibility index (Phi) is 3.43. The summed E-state index contributed by atoms with van der Waals surface area (Å²) in [4.78, 5) is 25.0. The number of hydrogen-bond donors (Lipinski definition) is 2. The molecule has 92 valence electrons. The number of H-pyrrole nitrogens is 1. The van der Waals surface area contributed by atoms with Gasteiger partial charge in [0.15, 0.2) is 0 Å². The van der Waals surface area contributed by atoms with Crippen LogP contribution >= 0.6 is 0 Å². The summed E-state index contributed by atoms with van der Waals surface area (Å²) in [5, 5.41) is 3.29. The van der Waals surface area contributed by atoms with Crippen LogP contribution in [-0.4, -0.2) is 24.5 Å². The van der Waals surface area contributed by atoms with Crippen LogP contribution in [0.3, 0.4) is 0 Å². The Balaban J connectivity index is 2.46. The number of methoxy groups -OCH3 is 1. The summed E-state index contributed by atoms with van der Waals surface area (Å²) in [5.74, 6) is -0.590. The molecule has 0 unspecified atom stereocenters. The summed E-state index contributed by atoms with van der Waals surface area (Å²) in [6, 6.07) is 7.67. The number of esters is 1. The lowest BCUT2D eigenvalue weighted by Gasteiger charge is -2.02. The molecule has 1 amide bonds. The molecule has 2 N–H and O–H groups in total. The first-order chi connectivity index (χ1) is 8.76. The summed E-state index contributed by atoms with van der Waals surface area (Å²) in [5.41, 5.74) is 1.86. The zero-order valence-electron chi connectivity index (χ0n) is 9.77. The molecular formula is C13H12N2O3. The van der Waals surface area contributed by atoms with Crippen LogP contribution in [0.25, 0.3) is 17.0 Å². The first kappa shape index (κ1) is 11.9. The minimum Gasteiger partial charge on any atom is -0.464 e. The van der Waals surface area contributed by atoms with Crippen molar-refractivity contribution >= 4 is 29.4 Å². The predicted octanol–water partition coefficient (Wildman–Crippen LogP) is 1.43. The van der Waals surface area contributed by atoms with Crippen molar-refractivity contribution in [3.05, 3.63) is 41.7 Å². The summed E-state index contributed by atoms with van der Waals surface area (Å²) in [6.45, 7) is 0. The third-order valence-corrected chi connectivity index (χ3v) is 2.54. The molecule has 0 saturated carbocycles. The van der Waals surface area contributed by atoms with Gasteiger partial charge in [0.2, 0.25) is 6.41 Å². The smallest absolute Gasteiger partial charge is 0.354 e. The molecule has 18 heavy (non-hydrogen) atoms. The average Bonchev–Trinajstić information content (AvgIpc) is 2.81. The lowest BCUT2D eigenvalue weighted by molar-refractivity contribution is -0.137. The van der Waals surface area contributed by atoms with Gasteiger partial charge < -0.3 is 15.0 Å². The molecule has 0 atom stereocenters. The van der Waals surface area contributed by atoms with E-state index in [1.165, 1.54) is 7.11 Å². The first-order valence-corrected chi connectivity index (χ1v) is 5.32. The highest BCUT2D eigenvalue weighted by molar-refractivity contribution is 5.98. The van der Waals surface area contributed by atoms with Crippen molar-refractivity contribution in [3.8, 4) is 0 Å². The Bertz CT molecular complexity index is 613. The van der Waals surface area contributed by atoms with Crippen molar-refractivity contribution in [1.29, 1.82) is 0 Å². The van der Waals surface area contributed by atoms with Crippen LogP contribution in [0.15, 0.2) is 36.2 Å². The largest absolute Gasteiger partial charge is 0.464 e. The van der Waals surface area contributed by atoms with Gasteiger partial charge in [-0.25, -0.2) is 4.79 Å². The normalized spacial score (nSPS) is 11.3. The van der Waals surface area contributed by atoms with Crippen molar-refractivity contribution in [1.82, 2.24) is 10.3 Å². The Morgan fingerprint density at radius 2 is 2.17 bits per heavy atom. The Morgan fingerprint density at radius 1 is 1.39 bits per heavy atom. The second kappa shape index (κ2) is 5.18. The van der Waals surface area contributed by atoms with Crippen LogP contribution in [0, 0.1) is 0 Å². The summed E-state index contributed by atoms with van der Waals surface area (Å²) < 4.78 is 4.59. The fraction of sp³-hybridized carbons (Fsp3) is 0.0769. The number of amides is 1. The minimum absolute atomic E-state index is 0.0947. The first-order valence-electron chi connectivity index (χ1n) is 5.32. The molecule has 5 nitrogen and oxygen atoms in total. The van der Waals surface area contributed by atoms with E-state index in [2.05, 4.69) is 15.0 Å². The number of rotatable bonds is 4. The van der Waals surface area contributed by atoms with Gasteiger partial charge >= 0.3 is 5.97 Å². The van der Waals surface area contributed by atoms with Gasteiger partial charge in [-0.1, -0.05) is 18.2 Å². The summed E-state index contributed by atoms with van der Waals surface area (Å²) in [6.07, 6.45) is 3.77.